The molecule has 26 heavy (non-hydrogen) atoms. The largest absolute Gasteiger partial charge is 0.507 e. The van der Waals surface area contributed by atoms with Gasteiger partial charge in [-0.1, -0.05) is 54.1 Å². The summed E-state index contributed by atoms with van der Waals surface area (Å²) in [6.45, 7) is 8.25. The minimum absolute atomic E-state index is 0.250. The van der Waals surface area contributed by atoms with Crippen LogP contribution >= 0.6 is 0 Å². The first kappa shape index (κ1) is 18.1. The lowest BCUT2D eigenvalue weighted by Crippen LogP contribution is -2.28. The number of ether oxygens (including phenoxy) is 1. The van der Waals surface area contributed by atoms with Gasteiger partial charge in [-0.05, 0) is 63.5 Å². The van der Waals surface area contributed by atoms with Crippen LogP contribution in [0.5, 0.6) is 11.5 Å². The quantitative estimate of drug-likeness (QED) is 0.523. The van der Waals surface area contributed by atoms with Crippen molar-refractivity contribution in [1.82, 2.24) is 0 Å². The lowest BCUT2D eigenvalue weighted by Gasteiger charge is -2.30. The highest BCUT2D eigenvalue weighted by atomic mass is 16.5. The van der Waals surface area contributed by atoms with Gasteiger partial charge >= 0.3 is 0 Å². The first-order valence-electron chi connectivity index (χ1n) is 8.99. The Labute approximate surface area is 156 Å². The highest BCUT2D eigenvalue weighted by molar-refractivity contribution is 5.78. The highest BCUT2D eigenvalue weighted by Gasteiger charge is 2.26. The number of benzene rings is 2. The molecular formula is C24H26O2. The normalized spacial score (nSPS) is 14.8. The van der Waals surface area contributed by atoms with Gasteiger partial charge in [0.25, 0.3) is 0 Å². The highest BCUT2D eigenvalue weighted by Crippen LogP contribution is 2.42. The van der Waals surface area contributed by atoms with E-state index in [-0.39, 0.29) is 11.4 Å². The summed E-state index contributed by atoms with van der Waals surface area (Å²) in [5.74, 6) is 1.03. The number of phenols is 1. The van der Waals surface area contributed by atoms with E-state index in [0.717, 1.165) is 34.4 Å². The third-order valence-corrected chi connectivity index (χ3v) is 4.42. The van der Waals surface area contributed by atoms with Gasteiger partial charge in [0.15, 0.2) is 0 Å². The molecule has 2 nitrogen and oxygen atoms in total. The summed E-state index contributed by atoms with van der Waals surface area (Å²) in [7, 11) is 0. The lowest BCUT2D eigenvalue weighted by atomic mass is 9.93. The van der Waals surface area contributed by atoms with Crippen LogP contribution in [0.2, 0.25) is 0 Å². The van der Waals surface area contributed by atoms with E-state index < -0.39 is 0 Å². The number of hydrogen-bond acceptors (Lipinski definition) is 2. The van der Waals surface area contributed by atoms with Gasteiger partial charge in [-0.2, -0.15) is 0 Å². The molecule has 0 saturated heterocycles. The summed E-state index contributed by atoms with van der Waals surface area (Å²) >= 11 is 0. The van der Waals surface area contributed by atoms with Gasteiger partial charge in [0.05, 0.1) is 5.56 Å². The molecule has 0 saturated carbocycles. The fraction of sp³-hybridized carbons (Fsp3) is 0.250. The molecule has 1 aliphatic rings. The molecule has 1 aliphatic heterocycles. The number of fused-ring (bicyclic) bond motifs is 1. The molecule has 0 atom stereocenters. The van der Waals surface area contributed by atoms with Crippen LogP contribution < -0.4 is 4.74 Å². The molecule has 1 heterocycles. The van der Waals surface area contributed by atoms with Crippen LogP contribution in [0.25, 0.3) is 18.2 Å². The van der Waals surface area contributed by atoms with Crippen LogP contribution in [-0.2, 0) is 6.42 Å². The van der Waals surface area contributed by atoms with Crippen molar-refractivity contribution in [2.75, 3.05) is 0 Å². The van der Waals surface area contributed by atoms with Crippen molar-refractivity contribution in [2.24, 2.45) is 0 Å². The molecule has 0 bridgehead atoms. The van der Waals surface area contributed by atoms with Gasteiger partial charge in [-0.3, -0.25) is 0 Å². The Kier molecular flexibility index (Phi) is 5.03. The Balaban J connectivity index is 2.11. The summed E-state index contributed by atoms with van der Waals surface area (Å²) < 4.78 is 6.25. The molecular weight excluding hydrogens is 320 g/mol. The van der Waals surface area contributed by atoms with E-state index in [1.807, 2.05) is 50.3 Å². The molecule has 0 amide bonds. The number of rotatable bonds is 4. The predicted molar refractivity (Wildman–Crippen MR) is 110 cm³/mol. The van der Waals surface area contributed by atoms with Gasteiger partial charge in [-0.15, -0.1) is 0 Å². The smallest absolute Gasteiger partial charge is 0.135 e. The van der Waals surface area contributed by atoms with Crippen LogP contribution in [-0.4, -0.2) is 10.7 Å². The monoisotopic (exact) mass is 346 g/mol. The molecule has 0 aliphatic carbocycles. The van der Waals surface area contributed by atoms with Crippen LogP contribution in [0.15, 0.2) is 54.1 Å². The Morgan fingerprint density at radius 2 is 1.85 bits per heavy atom. The summed E-state index contributed by atoms with van der Waals surface area (Å²) in [4.78, 5) is 0. The number of aromatic hydroxyl groups is 1. The van der Waals surface area contributed by atoms with E-state index in [4.69, 9.17) is 4.74 Å². The van der Waals surface area contributed by atoms with Crippen molar-refractivity contribution in [3.8, 4) is 11.5 Å². The zero-order chi connectivity index (χ0) is 18.7. The van der Waals surface area contributed by atoms with Crippen molar-refractivity contribution >= 4 is 18.2 Å². The number of phenolic OH excluding ortho intramolecular Hbond substituents is 1. The fourth-order valence-corrected chi connectivity index (χ4v) is 3.00. The maximum absolute atomic E-state index is 10.5. The Bertz CT molecular complexity index is 880. The summed E-state index contributed by atoms with van der Waals surface area (Å²) in [5.41, 5.74) is 4.84. The summed E-state index contributed by atoms with van der Waals surface area (Å²) in [5, 5.41) is 10.5. The van der Waals surface area contributed by atoms with Crippen molar-refractivity contribution in [3.05, 3.63) is 76.4 Å². The first-order valence-corrected chi connectivity index (χ1v) is 8.99. The van der Waals surface area contributed by atoms with Gasteiger partial charge in [-0.25, -0.2) is 0 Å². The molecule has 1 N–H and O–H groups in total. The minimum Gasteiger partial charge on any atom is -0.507 e. The molecule has 2 aromatic rings. The molecule has 0 radical (unpaired) electrons. The Morgan fingerprint density at radius 3 is 2.54 bits per heavy atom. The van der Waals surface area contributed by atoms with Crippen LogP contribution in [0, 0.1) is 0 Å². The second-order valence-electron chi connectivity index (χ2n) is 7.47. The number of hydrogen-bond donors (Lipinski definition) is 1. The molecule has 0 fully saturated rings. The third-order valence-electron chi connectivity index (χ3n) is 4.42. The summed E-state index contributed by atoms with van der Waals surface area (Å²) in [6, 6.07) is 12.0. The van der Waals surface area contributed by atoms with Crippen molar-refractivity contribution in [1.29, 1.82) is 0 Å². The van der Waals surface area contributed by atoms with Gasteiger partial charge in [0.2, 0.25) is 0 Å². The molecule has 0 spiro atoms. The molecule has 0 unspecified atom stereocenters. The molecule has 2 aromatic carbocycles. The molecule has 0 aromatic heterocycles. The standard InChI is InChI=1S/C24H26O2/c1-17(2)10-13-20-19(12-11-18-8-6-5-7-9-18)16-22(25)21-14-15-24(3,4)26-23(20)21/h5-12,14-16,25H,13H2,1-4H3. The van der Waals surface area contributed by atoms with Crippen LogP contribution in [0.4, 0.5) is 0 Å². The van der Waals surface area contributed by atoms with Crippen molar-refractivity contribution in [2.45, 2.75) is 39.7 Å². The van der Waals surface area contributed by atoms with E-state index in [9.17, 15) is 5.11 Å². The zero-order valence-electron chi connectivity index (χ0n) is 15.9. The van der Waals surface area contributed by atoms with Crippen molar-refractivity contribution < 1.29 is 9.84 Å². The third kappa shape index (κ3) is 4.08. The number of allylic oxidation sites excluding steroid dienone is 2. The second-order valence-corrected chi connectivity index (χ2v) is 7.47. The van der Waals surface area contributed by atoms with Crippen LogP contribution in [0.3, 0.4) is 0 Å². The van der Waals surface area contributed by atoms with Crippen molar-refractivity contribution in [3.63, 3.8) is 0 Å². The van der Waals surface area contributed by atoms with E-state index >= 15 is 0 Å². The predicted octanol–water partition coefficient (Wildman–Crippen LogP) is 6.26. The SMILES string of the molecule is CC(C)=CCc1c(C=Cc2ccccc2)cc(O)c2c1OC(C)(C)C=C2. The van der Waals surface area contributed by atoms with Gasteiger partial charge in [0, 0.05) is 5.56 Å². The second kappa shape index (κ2) is 7.25. The molecule has 3 rings (SSSR count). The lowest BCUT2D eigenvalue weighted by molar-refractivity contribution is 0.156. The maximum atomic E-state index is 10.5. The average molecular weight is 346 g/mol. The average Bonchev–Trinajstić information content (AvgIpc) is 2.59. The van der Waals surface area contributed by atoms with E-state index in [1.165, 1.54) is 5.57 Å². The fourth-order valence-electron chi connectivity index (χ4n) is 3.00. The van der Waals surface area contributed by atoms with E-state index in [2.05, 4.69) is 44.2 Å². The molecule has 2 heteroatoms. The topological polar surface area (TPSA) is 29.5 Å². The van der Waals surface area contributed by atoms with Crippen LogP contribution in [0.1, 0.15) is 49.9 Å². The Hall–Kier alpha value is -2.74. The van der Waals surface area contributed by atoms with E-state index in [1.54, 1.807) is 0 Å². The Morgan fingerprint density at radius 1 is 1.12 bits per heavy atom. The van der Waals surface area contributed by atoms with E-state index in [0.29, 0.717) is 0 Å². The minimum atomic E-state index is -0.388. The molecule has 134 valence electrons. The maximum Gasteiger partial charge on any atom is 0.135 e. The zero-order valence-corrected chi connectivity index (χ0v) is 15.9. The van der Waals surface area contributed by atoms with Gasteiger partial charge in [0.1, 0.15) is 17.1 Å². The first-order chi connectivity index (χ1) is 12.4. The van der Waals surface area contributed by atoms with Gasteiger partial charge < -0.3 is 9.84 Å². The summed E-state index contributed by atoms with van der Waals surface area (Å²) in [6.07, 6.45) is 11.0.